The number of carbonyl (C=O) groups excluding carboxylic acids is 2. The Kier molecular flexibility index (Phi) is 5.91. The third kappa shape index (κ3) is 4.03. The van der Waals surface area contributed by atoms with Gasteiger partial charge in [-0.3, -0.25) is 14.5 Å². The number of nitrogens with zero attached hydrogens (tertiary/aromatic N) is 1. The number of methoxy groups -OCH3 is 1. The van der Waals surface area contributed by atoms with E-state index in [0.29, 0.717) is 11.3 Å². The summed E-state index contributed by atoms with van der Waals surface area (Å²) in [5.41, 5.74) is 0.634. The van der Waals surface area contributed by atoms with Gasteiger partial charge < -0.3 is 9.84 Å². The Morgan fingerprint density at radius 2 is 1.65 bits per heavy atom. The summed E-state index contributed by atoms with van der Waals surface area (Å²) in [6, 6.07) is 16.3. The molecule has 1 N–H and O–H groups in total. The van der Waals surface area contributed by atoms with Gasteiger partial charge in [-0.05, 0) is 54.4 Å². The standard InChI is InChI=1S/C26H20F3NO4/c1-15-6-3-4-9-20(15)22-21(23(31)16-7-5-8-19(14-16)34-2)24(32)25(33)30(22)18-12-10-17(11-13-18)26(27,28)29/h3-14,22,31H,1-2H3/b23-21+. The summed E-state index contributed by atoms with van der Waals surface area (Å²) >= 11 is 0. The fourth-order valence-corrected chi connectivity index (χ4v) is 4.02. The second-order valence-corrected chi connectivity index (χ2v) is 7.80. The first-order chi connectivity index (χ1) is 16.1. The van der Waals surface area contributed by atoms with Crippen LogP contribution in [-0.2, 0) is 15.8 Å². The summed E-state index contributed by atoms with van der Waals surface area (Å²) < 4.78 is 44.4. The molecule has 1 aliphatic heterocycles. The Hall–Kier alpha value is -4.07. The molecule has 1 fully saturated rings. The van der Waals surface area contributed by atoms with Crippen LogP contribution in [-0.4, -0.2) is 23.9 Å². The predicted molar refractivity (Wildman–Crippen MR) is 120 cm³/mol. The van der Waals surface area contributed by atoms with Crippen molar-refractivity contribution in [2.24, 2.45) is 0 Å². The van der Waals surface area contributed by atoms with Gasteiger partial charge in [0, 0.05) is 11.3 Å². The van der Waals surface area contributed by atoms with E-state index in [1.807, 2.05) is 0 Å². The van der Waals surface area contributed by atoms with E-state index >= 15 is 0 Å². The normalized spacial score (nSPS) is 17.8. The molecule has 8 heteroatoms. The Labute approximate surface area is 193 Å². The second kappa shape index (κ2) is 8.70. The van der Waals surface area contributed by atoms with Crippen LogP contribution in [0.15, 0.2) is 78.4 Å². The van der Waals surface area contributed by atoms with Crippen molar-refractivity contribution in [2.45, 2.75) is 19.1 Å². The molecule has 1 aliphatic rings. The van der Waals surface area contributed by atoms with Crippen molar-refractivity contribution in [3.8, 4) is 5.75 Å². The van der Waals surface area contributed by atoms with E-state index in [0.717, 1.165) is 34.7 Å². The summed E-state index contributed by atoms with van der Waals surface area (Å²) in [4.78, 5) is 27.4. The zero-order chi connectivity index (χ0) is 24.6. The highest BCUT2D eigenvalue weighted by molar-refractivity contribution is 6.51. The number of hydrogen-bond donors (Lipinski definition) is 1. The van der Waals surface area contributed by atoms with Crippen LogP contribution in [0.1, 0.15) is 28.3 Å². The van der Waals surface area contributed by atoms with Crippen molar-refractivity contribution < 1.29 is 32.6 Å². The van der Waals surface area contributed by atoms with Gasteiger partial charge in [0.15, 0.2) is 0 Å². The van der Waals surface area contributed by atoms with Gasteiger partial charge in [-0.25, -0.2) is 0 Å². The van der Waals surface area contributed by atoms with E-state index in [9.17, 15) is 27.9 Å². The fourth-order valence-electron chi connectivity index (χ4n) is 4.02. The Morgan fingerprint density at radius 1 is 0.971 bits per heavy atom. The Morgan fingerprint density at radius 3 is 2.26 bits per heavy atom. The zero-order valence-corrected chi connectivity index (χ0v) is 18.3. The number of ketones is 1. The van der Waals surface area contributed by atoms with E-state index in [-0.39, 0.29) is 16.8 Å². The quantitative estimate of drug-likeness (QED) is 0.306. The number of alkyl halides is 3. The van der Waals surface area contributed by atoms with Gasteiger partial charge in [0.2, 0.25) is 0 Å². The maximum Gasteiger partial charge on any atom is 0.416 e. The zero-order valence-electron chi connectivity index (χ0n) is 18.3. The molecule has 0 aromatic heterocycles. The minimum absolute atomic E-state index is 0.105. The number of Topliss-reactive ketones (excluding diaryl/α,β-unsaturated/α-hetero) is 1. The average molecular weight is 467 g/mol. The first-order valence-electron chi connectivity index (χ1n) is 10.3. The van der Waals surface area contributed by atoms with Crippen LogP contribution < -0.4 is 9.64 Å². The average Bonchev–Trinajstić information content (AvgIpc) is 3.08. The monoisotopic (exact) mass is 467 g/mol. The molecule has 1 amide bonds. The fraction of sp³-hybridized carbons (Fsp3) is 0.154. The van der Waals surface area contributed by atoms with Crippen molar-refractivity contribution >= 4 is 23.1 Å². The highest BCUT2D eigenvalue weighted by Crippen LogP contribution is 2.43. The number of aliphatic hydroxyl groups is 1. The number of halogens is 3. The summed E-state index contributed by atoms with van der Waals surface area (Å²) in [6.07, 6.45) is -4.55. The molecule has 1 unspecified atom stereocenters. The highest BCUT2D eigenvalue weighted by Gasteiger charge is 2.47. The highest BCUT2D eigenvalue weighted by atomic mass is 19.4. The van der Waals surface area contributed by atoms with Crippen molar-refractivity contribution in [1.82, 2.24) is 0 Å². The molecule has 34 heavy (non-hydrogen) atoms. The van der Waals surface area contributed by atoms with Crippen LogP contribution in [0.2, 0.25) is 0 Å². The minimum Gasteiger partial charge on any atom is -0.507 e. The maximum absolute atomic E-state index is 13.2. The van der Waals surface area contributed by atoms with Crippen LogP contribution in [0, 0.1) is 6.92 Å². The third-order valence-electron chi connectivity index (χ3n) is 5.74. The van der Waals surface area contributed by atoms with Crippen molar-refractivity contribution in [3.63, 3.8) is 0 Å². The number of ether oxygens (including phenoxy) is 1. The predicted octanol–water partition coefficient (Wildman–Crippen LogP) is 5.65. The van der Waals surface area contributed by atoms with Gasteiger partial charge in [0.1, 0.15) is 11.5 Å². The number of anilines is 1. The van der Waals surface area contributed by atoms with Gasteiger partial charge in [-0.2, -0.15) is 13.2 Å². The van der Waals surface area contributed by atoms with Gasteiger partial charge in [0.25, 0.3) is 11.7 Å². The number of benzene rings is 3. The van der Waals surface area contributed by atoms with Crippen LogP contribution in [0.4, 0.5) is 18.9 Å². The van der Waals surface area contributed by atoms with Crippen LogP contribution >= 0.6 is 0 Å². The van der Waals surface area contributed by atoms with E-state index in [2.05, 4.69) is 0 Å². The summed E-state index contributed by atoms with van der Waals surface area (Å²) in [6.45, 7) is 1.79. The Balaban J connectivity index is 1.93. The summed E-state index contributed by atoms with van der Waals surface area (Å²) in [5, 5.41) is 11.1. The molecule has 5 nitrogen and oxygen atoms in total. The summed E-state index contributed by atoms with van der Waals surface area (Å²) in [7, 11) is 1.45. The first kappa shape index (κ1) is 23.1. The smallest absolute Gasteiger partial charge is 0.416 e. The molecule has 3 aromatic rings. The molecule has 0 bridgehead atoms. The topological polar surface area (TPSA) is 66.8 Å². The van der Waals surface area contributed by atoms with Crippen molar-refractivity contribution in [3.05, 3.63) is 101 Å². The number of hydrogen-bond acceptors (Lipinski definition) is 4. The molecule has 3 aromatic carbocycles. The molecule has 0 spiro atoms. The lowest BCUT2D eigenvalue weighted by Crippen LogP contribution is -2.29. The number of aliphatic hydroxyl groups excluding tert-OH is 1. The number of carbonyl (C=O) groups is 2. The lowest BCUT2D eigenvalue weighted by Gasteiger charge is -2.27. The van der Waals surface area contributed by atoms with E-state index < -0.39 is 35.2 Å². The number of aryl methyl sites for hydroxylation is 1. The molecule has 0 saturated carbocycles. The molecule has 174 valence electrons. The molecular formula is C26H20F3NO4. The summed E-state index contributed by atoms with van der Waals surface area (Å²) in [5.74, 6) is -1.85. The lowest BCUT2D eigenvalue weighted by atomic mass is 9.92. The van der Waals surface area contributed by atoms with Gasteiger partial charge in [0.05, 0.1) is 24.3 Å². The molecule has 1 atom stereocenters. The van der Waals surface area contributed by atoms with Crippen LogP contribution in [0.5, 0.6) is 5.75 Å². The van der Waals surface area contributed by atoms with Gasteiger partial charge >= 0.3 is 6.18 Å². The maximum atomic E-state index is 13.2. The van der Waals surface area contributed by atoms with Crippen molar-refractivity contribution in [1.29, 1.82) is 0 Å². The number of amides is 1. The molecule has 0 radical (unpaired) electrons. The number of rotatable bonds is 4. The van der Waals surface area contributed by atoms with Crippen LogP contribution in [0.3, 0.4) is 0 Å². The van der Waals surface area contributed by atoms with Crippen molar-refractivity contribution in [2.75, 3.05) is 12.0 Å². The van der Waals surface area contributed by atoms with E-state index in [4.69, 9.17) is 4.74 Å². The first-order valence-corrected chi connectivity index (χ1v) is 10.3. The minimum atomic E-state index is -4.55. The molecular weight excluding hydrogens is 447 g/mol. The molecule has 0 aliphatic carbocycles. The van der Waals surface area contributed by atoms with Gasteiger partial charge in [-0.1, -0.05) is 36.4 Å². The largest absolute Gasteiger partial charge is 0.507 e. The third-order valence-corrected chi connectivity index (χ3v) is 5.74. The van der Waals surface area contributed by atoms with E-state index in [1.54, 1.807) is 49.4 Å². The molecule has 1 saturated heterocycles. The second-order valence-electron chi connectivity index (χ2n) is 7.80. The Bertz CT molecular complexity index is 1300. The van der Waals surface area contributed by atoms with E-state index in [1.165, 1.54) is 13.2 Å². The molecule has 4 rings (SSSR count). The lowest BCUT2D eigenvalue weighted by molar-refractivity contribution is -0.137. The van der Waals surface area contributed by atoms with Gasteiger partial charge in [-0.15, -0.1) is 0 Å². The molecule has 1 heterocycles. The SMILES string of the molecule is COc1cccc(/C(O)=C2\C(=O)C(=O)N(c3ccc(C(F)(F)F)cc3)C2c2ccccc2C)c1. The van der Waals surface area contributed by atoms with Crippen LogP contribution in [0.25, 0.3) is 5.76 Å².